The summed E-state index contributed by atoms with van der Waals surface area (Å²) in [6.07, 6.45) is 0. The van der Waals surface area contributed by atoms with Crippen LogP contribution < -0.4 is 4.90 Å². The Bertz CT molecular complexity index is 3130. The zero-order valence-electron chi connectivity index (χ0n) is 31.7. The Hall–Kier alpha value is -7.26. The van der Waals surface area contributed by atoms with Gasteiger partial charge in [-0.05, 0) is 103 Å². The van der Waals surface area contributed by atoms with E-state index >= 15 is 0 Å². The molecule has 0 atom stereocenters. The molecular weight excluding hydrogens is 719 g/mol. The van der Waals surface area contributed by atoms with Gasteiger partial charge in [0.2, 0.25) is 0 Å². The molecule has 0 saturated carbocycles. The summed E-state index contributed by atoms with van der Waals surface area (Å²) in [4.78, 5) is 2.37. The van der Waals surface area contributed by atoms with E-state index in [-0.39, 0.29) is 0 Å². The summed E-state index contributed by atoms with van der Waals surface area (Å²) < 4.78 is 2.65. The van der Waals surface area contributed by atoms with Crippen LogP contribution in [0.25, 0.3) is 86.2 Å². The first kappa shape index (κ1) is 34.0. The molecule has 0 aliphatic heterocycles. The molecule has 0 spiro atoms. The predicted molar refractivity (Wildman–Crippen MR) is 251 cm³/mol. The van der Waals surface area contributed by atoms with Crippen LogP contribution in [0.1, 0.15) is 0 Å². The Morgan fingerprint density at radius 2 is 0.638 bits per heavy atom. The topological polar surface area (TPSA) is 3.24 Å². The highest BCUT2D eigenvalue weighted by atomic mass is 32.1. The number of nitrogens with zero attached hydrogens (tertiary/aromatic N) is 1. The third kappa shape index (κ3) is 5.94. The largest absolute Gasteiger partial charge is 0.311 e. The van der Waals surface area contributed by atoms with Gasteiger partial charge in [-0.15, -0.1) is 11.3 Å². The molecule has 1 heterocycles. The fourth-order valence-electron chi connectivity index (χ4n) is 8.70. The smallest absolute Gasteiger partial charge is 0.0462 e. The van der Waals surface area contributed by atoms with Crippen LogP contribution in [0.2, 0.25) is 0 Å². The van der Waals surface area contributed by atoms with Gasteiger partial charge in [-0.25, -0.2) is 0 Å². The Balaban J connectivity index is 0.999. The molecule has 0 fully saturated rings. The van der Waals surface area contributed by atoms with Crippen molar-refractivity contribution in [1.82, 2.24) is 0 Å². The van der Waals surface area contributed by atoms with Gasteiger partial charge in [0.05, 0.1) is 0 Å². The van der Waals surface area contributed by atoms with Crippen LogP contribution in [-0.2, 0) is 0 Å². The Morgan fingerprint density at radius 3 is 1.21 bits per heavy atom. The van der Waals surface area contributed by atoms with Crippen LogP contribution in [0, 0.1) is 0 Å². The van der Waals surface area contributed by atoms with E-state index in [9.17, 15) is 0 Å². The first-order chi connectivity index (χ1) is 28.8. The Labute approximate surface area is 342 Å². The molecular formula is C56H37NS. The lowest BCUT2D eigenvalue weighted by Gasteiger charge is -2.26. The van der Waals surface area contributed by atoms with E-state index in [2.05, 4.69) is 229 Å². The van der Waals surface area contributed by atoms with Crippen molar-refractivity contribution < 1.29 is 0 Å². The summed E-state index contributed by atoms with van der Waals surface area (Å²) in [5, 5.41) is 7.66. The number of hydrogen-bond donors (Lipinski definition) is 0. The second kappa shape index (κ2) is 14.4. The molecule has 11 rings (SSSR count). The number of fused-ring (bicyclic) bond motifs is 5. The molecule has 0 amide bonds. The van der Waals surface area contributed by atoms with Gasteiger partial charge in [-0.3, -0.25) is 0 Å². The predicted octanol–water partition coefficient (Wildman–Crippen LogP) is 16.5. The van der Waals surface area contributed by atoms with Gasteiger partial charge >= 0.3 is 0 Å². The summed E-state index contributed by atoms with van der Waals surface area (Å²) in [7, 11) is 0. The van der Waals surface area contributed by atoms with Gasteiger partial charge in [-0.2, -0.15) is 0 Å². The molecule has 11 aromatic rings. The van der Waals surface area contributed by atoms with Gasteiger partial charge in [0, 0.05) is 42.8 Å². The van der Waals surface area contributed by atoms with Crippen LogP contribution >= 0.6 is 11.3 Å². The maximum Gasteiger partial charge on any atom is 0.0462 e. The van der Waals surface area contributed by atoms with Crippen molar-refractivity contribution in [2.75, 3.05) is 4.90 Å². The summed E-state index contributed by atoms with van der Waals surface area (Å²) >= 11 is 1.88. The molecule has 10 aromatic carbocycles. The van der Waals surface area contributed by atoms with Gasteiger partial charge in [0.1, 0.15) is 0 Å². The fourth-order valence-corrected chi connectivity index (χ4v) is 9.93. The molecule has 1 nitrogen and oxygen atoms in total. The van der Waals surface area contributed by atoms with E-state index in [4.69, 9.17) is 0 Å². The number of hydrogen-bond acceptors (Lipinski definition) is 2. The number of anilines is 3. The number of thiophene rings is 1. The van der Waals surface area contributed by atoms with Crippen molar-refractivity contribution in [2.45, 2.75) is 0 Å². The second-order valence-corrected chi connectivity index (χ2v) is 15.9. The zero-order valence-corrected chi connectivity index (χ0v) is 32.5. The van der Waals surface area contributed by atoms with Crippen molar-refractivity contribution >= 4 is 70.1 Å². The third-order valence-electron chi connectivity index (χ3n) is 11.5. The maximum atomic E-state index is 2.37. The molecule has 0 bridgehead atoms. The van der Waals surface area contributed by atoms with Crippen molar-refractivity contribution in [3.05, 3.63) is 224 Å². The van der Waals surface area contributed by atoms with E-state index in [0.29, 0.717) is 0 Å². The molecule has 1 aromatic heterocycles. The monoisotopic (exact) mass is 755 g/mol. The first-order valence-electron chi connectivity index (χ1n) is 19.8. The normalized spacial score (nSPS) is 11.4. The lowest BCUT2D eigenvalue weighted by Crippen LogP contribution is -2.09. The highest BCUT2D eigenvalue weighted by molar-refractivity contribution is 7.26. The number of benzene rings is 10. The highest BCUT2D eigenvalue weighted by Gasteiger charge is 2.17. The molecule has 2 heteroatoms. The Morgan fingerprint density at radius 1 is 0.259 bits per heavy atom. The molecule has 0 aliphatic carbocycles. The number of rotatable bonds is 7. The molecule has 0 aliphatic rings. The van der Waals surface area contributed by atoms with E-state index in [1.165, 1.54) is 86.2 Å². The minimum Gasteiger partial charge on any atom is -0.311 e. The summed E-state index contributed by atoms with van der Waals surface area (Å²) in [5.41, 5.74) is 13.1. The lowest BCUT2D eigenvalue weighted by molar-refractivity contribution is 1.28. The SMILES string of the molecule is c1ccc(-c2cccc3c2sc2ccccc23)c(-c2ccc(N(c3ccc(-c4cccc5ccccc45)cc3)c3ccc(-c4cccc5ccccc45)cc3)cc2)c1. The third-order valence-corrected chi connectivity index (χ3v) is 12.7. The Kier molecular flexibility index (Phi) is 8.42. The molecule has 58 heavy (non-hydrogen) atoms. The summed E-state index contributed by atoms with van der Waals surface area (Å²) in [6, 6.07) is 81.8. The summed E-state index contributed by atoms with van der Waals surface area (Å²) in [6.45, 7) is 0. The minimum atomic E-state index is 1.10. The molecule has 0 radical (unpaired) electrons. The van der Waals surface area contributed by atoms with Crippen LogP contribution in [0.15, 0.2) is 224 Å². The van der Waals surface area contributed by atoms with Crippen molar-refractivity contribution in [1.29, 1.82) is 0 Å². The van der Waals surface area contributed by atoms with E-state index in [0.717, 1.165) is 17.1 Å². The van der Waals surface area contributed by atoms with Gasteiger partial charge < -0.3 is 4.90 Å². The quantitative estimate of drug-likeness (QED) is 0.157. The second-order valence-electron chi connectivity index (χ2n) is 14.9. The molecule has 0 unspecified atom stereocenters. The standard InChI is InChI=1S/C56H37NS/c1-3-16-46-38(12-1)14-9-21-48(46)40-26-32-43(33-27-40)57(44-34-28-41(29-35-44)49-22-10-15-39-13-2-4-17-47(39)49)45-36-30-42(31-37-45)50-18-5-6-19-51(50)53-23-11-24-54-52-20-7-8-25-55(52)58-56(53)54/h1-37H. The highest BCUT2D eigenvalue weighted by Crippen LogP contribution is 2.44. The summed E-state index contributed by atoms with van der Waals surface area (Å²) in [5.74, 6) is 0. The van der Waals surface area contributed by atoms with Crippen LogP contribution in [0.5, 0.6) is 0 Å². The maximum absolute atomic E-state index is 2.37. The average Bonchev–Trinajstić information content (AvgIpc) is 3.69. The van der Waals surface area contributed by atoms with Crippen LogP contribution in [-0.4, -0.2) is 0 Å². The van der Waals surface area contributed by atoms with Gasteiger partial charge in [-0.1, -0.05) is 182 Å². The van der Waals surface area contributed by atoms with E-state index in [1.54, 1.807) is 0 Å². The fraction of sp³-hybridized carbons (Fsp3) is 0. The molecule has 272 valence electrons. The molecule has 0 saturated heterocycles. The molecule has 0 N–H and O–H groups in total. The van der Waals surface area contributed by atoms with Crippen LogP contribution in [0.3, 0.4) is 0 Å². The van der Waals surface area contributed by atoms with E-state index < -0.39 is 0 Å². The lowest BCUT2D eigenvalue weighted by atomic mass is 9.93. The van der Waals surface area contributed by atoms with Crippen LogP contribution in [0.4, 0.5) is 17.1 Å². The minimum absolute atomic E-state index is 1.10. The average molecular weight is 756 g/mol. The van der Waals surface area contributed by atoms with E-state index in [1.807, 2.05) is 11.3 Å². The first-order valence-corrected chi connectivity index (χ1v) is 20.7. The van der Waals surface area contributed by atoms with Gasteiger partial charge in [0.15, 0.2) is 0 Å². The zero-order chi connectivity index (χ0) is 38.4. The van der Waals surface area contributed by atoms with Gasteiger partial charge in [0.25, 0.3) is 0 Å². The van der Waals surface area contributed by atoms with Crippen molar-refractivity contribution in [2.24, 2.45) is 0 Å². The van der Waals surface area contributed by atoms with Crippen molar-refractivity contribution in [3.63, 3.8) is 0 Å². The van der Waals surface area contributed by atoms with Crippen molar-refractivity contribution in [3.8, 4) is 44.5 Å².